The van der Waals surface area contributed by atoms with Crippen LogP contribution < -0.4 is 11.1 Å². The van der Waals surface area contributed by atoms with Gasteiger partial charge in [0.1, 0.15) is 12.4 Å². The van der Waals surface area contributed by atoms with Crippen LogP contribution in [0.15, 0.2) is 6.07 Å². The van der Waals surface area contributed by atoms with Crippen molar-refractivity contribution < 1.29 is 18.0 Å². The van der Waals surface area contributed by atoms with Crippen molar-refractivity contribution in [1.82, 2.24) is 15.1 Å². The quantitative estimate of drug-likeness (QED) is 0.788. The highest BCUT2D eigenvalue weighted by Gasteiger charge is 2.27. The van der Waals surface area contributed by atoms with E-state index < -0.39 is 18.6 Å². The van der Waals surface area contributed by atoms with Gasteiger partial charge in [0.2, 0.25) is 5.91 Å². The fourth-order valence-electron chi connectivity index (χ4n) is 1.12. The van der Waals surface area contributed by atoms with E-state index in [0.29, 0.717) is 5.69 Å². The molecule has 5 nitrogen and oxygen atoms in total. The zero-order valence-electron chi connectivity index (χ0n) is 8.51. The summed E-state index contributed by atoms with van der Waals surface area (Å²) in [5.74, 6) is -0.499. The third-order valence-electron chi connectivity index (χ3n) is 1.82. The Morgan fingerprint density at radius 1 is 1.62 bits per heavy atom. The van der Waals surface area contributed by atoms with Crippen LogP contribution in [0.5, 0.6) is 0 Å². The van der Waals surface area contributed by atoms with E-state index in [9.17, 15) is 18.0 Å². The van der Waals surface area contributed by atoms with Gasteiger partial charge in [-0.2, -0.15) is 18.3 Å². The van der Waals surface area contributed by atoms with E-state index in [-0.39, 0.29) is 12.2 Å². The number of nitrogens with zero attached hydrogens (tertiary/aromatic N) is 2. The van der Waals surface area contributed by atoms with Crippen LogP contribution in [-0.2, 0) is 18.3 Å². The summed E-state index contributed by atoms with van der Waals surface area (Å²) < 4.78 is 36.7. The Labute approximate surface area is 89.4 Å². The van der Waals surface area contributed by atoms with Gasteiger partial charge in [-0.05, 0) is 0 Å². The standard InChI is InChI=1S/C8H11F3N4O/c1-15-5(2-6(12)14-15)3-7(16)13-4-8(9,10)11/h2H,3-4H2,1H3,(H2,12,14)(H,13,16). The van der Waals surface area contributed by atoms with Crippen molar-refractivity contribution in [2.24, 2.45) is 7.05 Å². The molecule has 0 spiro atoms. The number of aryl methyl sites for hydroxylation is 1. The number of hydrogen-bond acceptors (Lipinski definition) is 3. The Hall–Kier alpha value is -1.73. The maximum Gasteiger partial charge on any atom is 0.405 e. The summed E-state index contributed by atoms with van der Waals surface area (Å²) in [4.78, 5) is 11.1. The van der Waals surface area contributed by atoms with Crippen molar-refractivity contribution in [2.75, 3.05) is 12.3 Å². The maximum absolute atomic E-state index is 11.8. The molecule has 0 fully saturated rings. The number of rotatable bonds is 3. The fraction of sp³-hybridized carbons (Fsp3) is 0.500. The third kappa shape index (κ3) is 3.79. The zero-order chi connectivity index (χ0) is 12.3. The number of alkyl halides is 3. The number of halogens is 3. The average molecular weight is 236 g/mol. The second-order valence-electron chi connectivity index (χ2n) is 3.25. The van der Waals surface area contributed by atoms with E-state index in [2.05, 4.69) is 5.10 Å². The van der Waals surface area contributed by atoms with Crippen LogP contribution >= 0.6 is 0 Å². The summed E-state index contributed by atoms with van der Waals surface area (Å²) in [5, 5.41) is 5.53. The minimum atomic E-state index is -4.40. The number of nitrogen functional groups attached to an aromatic ring is 1. The summed E-state index contributed by atoms with van der Waals surface area (Å²) in [6.07, 6.45) is -4.59. The molecule has 0 saturated heterocycles. The zero-order valence-corrected chi connectivity index (χ0v) is 8.51. The van der Waals surface area contributed by atoms with Gasteiger partial charge in [-0.25, -0.2) is 0 Å². The number of nitrogens with two attached hydrogens (primary N) is 1. The minimum Gasteiger partial charge on any atom is -0.382 e. The Morgan fingerprint density at radius 2 is 2.25 bits per heavy atom. The first-order chi connectivity index (χ1) is 7.28. The molecule has 3 N–H and O–H groups in total. The van der Waals surface area contributed by atoms with Crippen molar-refractivity contribution in [3.05, 3.63) is 11.8 Å². The van der Waals surface area contributed by atoms with Crippen LogP contribution in [0.25, 0.3) is 0 Å². The summed E-state index contributed by atoms with van der Waals surface area (Å²) in [5.41, 5.74) is 5.81. The lowest BCUT2D eigenvalue weighted by molar-refractivity contribution is -0.138. The molecule has 0 aliphatic carbocycles. The number of carbonyl (C=O) groups excluding carboxylic acids is 1. The van der Waals surface area contributed by atoms with Gasteiger partial charge in [0.25, 0.3) is 0 Å². The van der Waals surface area contributed by atoms with Gasteiger partial charge in [0.15, 0.2) is 0 Å². The predicted molar refractivity (Wildman–Crippen MR) is 50.4 cm³/mol. The molecule has 0 bridgehead atoms. The summed E-state index contributed by atoms with van der Waals surface area (Å²) in [6, 6.07) is 1.44. The SMILES string of the molecule is Cn1nc(N)cc1CC(=O)NCC(F)(F)F. The first-order valence-electron chi connectivity index (χ1n) is 4.40. The lowest BCUT2D eigenvalue weighted by Crippen LogP contribution is -2.34. The van der Waals surface area contributed by atoms with E-state index in [1.54, 1.807) is 12.4 Å². The van der Waals surface area contributed by atoms with Gasteiger partial charge in [0, 0.05) is 18.8 Å². The number of hydrogen-bond donors (Lipinski definition) is 2. The average Bonchev–Trinajstić information content (AvgIpc) is 2.41. The smallest absolute Gasteiger partial charge is 0.382 e. The minimum absolute atomic E-state index is 0.184. The Balaban J connectivity index is 2.49. The molecule has 0 unspecified atom stereocenters. The number of amides is 1. The summed E-state index contributed by atoms with van der Waals surface area (Å²) in [7, 11) is 1.56. The van der Waals surface area contributed by atoms with Crippen molar-refractivity contribution >= 4 is 11.7 Å². The molecule has 1 aromatic rings. The molecule has 0 aliphatic heterocycles. The van der Waals surface area contributed by atoms with Gasteiger partial charge in [-0.15, -0.1) is 0 Å². The van der Waals surface area contributed by atoms with Crippen molar-refractivity contribution in [1.29, 1.82) is 0 Å². The highest BCUT2D eigenvalue weighted by atomic mass is 19.4. The third-order valence-corrected chi connectivity index (χ3v) is 1.82. The fourth-order valence-corrected chi connectivity index (χ4v) is 1.12. The maximum atomic E-state index is 11.8. The van der Waals surface area contributed by atoms with Crippen LogP contribution in [0.3, 0.4) is 0 Å². The number of anilines is 1. The van der Waals surface area contributed by atoms with Gasteiger partial charge < -0.3 is 11.1 Å². The van der Waals surface area contributed by atoms with E-state index in [0.717, 1.165) is 0 Å². The van der Waals surface area contributed by atoms with Crippen LogP contribution in [0.2, 0.25) is 0 Å². The van der Waals surface area contributed by atoms with Crippen molar-refractivity contribution in [2.45, 2.75) is 12.6 Å². The van der Waals surface area contributed by atoms with Crippen LogP contribution in [0.1, 0.15) is 5.69 Å². The topological polar surface area (TPSA) is 72.9 Å². The molecule has 1 rings (SSSR count). The molecule has 0 aromatic carbocycles. The normalized spacial score (nSPS) is 11.5. The molecule has 1 aromatic heterocycles. The Morgan fingerprint density at radius 3 is 2.69 bits per heavy atom. The van der Waals surface area contributed by atoms with E-state index >= 15 is 0 Å². The molecular weight excluding hydrogens is 225 g/mol. The van der Waals surface area contributed by atoms with Gasteiger partial charge in [-0.3, -0.25) is 9.48 Å². The number of aromatic nitrogens is 2. The molecule has 0 atom stereocenters. The number of nitrogens with one attached hydrogen (secondary N) is 1. The highest BCUT2D eigenvalue weighted by Crippen LogP contribution is 2.12. The van der Waals surface area contributed by atoms with Crippen LogP contribution in [0, 0.1) is 0 Å². The second-order valence-corrected chi connectivity index (χ2v) is 3.25. The second kappa shape index (κ2) is 4.42. The largest absolute Gasteiger partial charge is 0.405 e. The van der Waals surface area contributed by atoms with E-state index in [4.69, 9.17) is 5.73 Å². The number of carbonyl (C=O) groups is 1. The summed E-state index contributed by atoms with van der Waals surface area (Å²) in [6.45, 7) is -1.33. The molecular formula is C8H11F3N4O. The molecule has 90 valence electrons. The predicted octanol–water partition coefficient (Wildman–Crippen LogP) is 0.223. The van der Waals surface area contributed by atoms with Gasteiger partial charge in [-0.1, -0.05) is 0 Å². The Kier molecular flexibility index (Phi) is 3.41. The van der Waals surface area contributed by atoms with Crippen molar-refractivity contribution in [3.8, 4) is 0 Å². The molecule has 8 heteroatoms. The molecule has 1 heterocycles. The highest BCUT2D eigenvalue weighted by molar-refractivity contribution is 5.78. The Bertz CT molecular complexity index is 385. The lowest BCUT2D eigenvalue weighted by atomic mass is 10.3. The van der Waals surface area contributed by atoms with E-state index in [1.165, 1.54) is 10.7 Å². The molecule has 0 radical (unpaired) electrons. The first kappa shape index (κ1) is 12.3. The van der Waals surface area contributed by atoms with Gasteiger partial charge in [0.05, 0.1) is 6.42 Å². The monoisotopic (exact) mass is 236 g/mol. The van der Waals surface area contributed by atoms with Crippen molar-refractivity contribution in [3.63, 3.8) is 0 Å². The summed E-state index contributed by atoms with van der Waals surface area (Å²) >= 11 is 0. The van der Waals surface area contributed by atoms with Gasteiger partial charge >= 0.3 is 6.18 Å². The van der Waals surface area contributed by atoms with Crippen LogP contribution in [0.4, 0.5) is 19.0 Å². The molecule has 0 aliphatic rings. The molecule has 16 heavy (non-hydrogen) atoms. The van der Waals surface area contributed by atoms with E-state index in [1.807, 2.05) is 0 Å². The molecule has 1 amide bonds. The first-order valence-corrected chi connectivity index (χ1v) is 4.40. The van der Waals surface area contributed by atoms with Crippen LogP contribution in [-0.4, -0.2) is 28.4 Å². The molecule has 0 saturated carbocycles. The lowest BCUT2D eigenvalue weighted by Gasteiger charge is -2.08.